The molecule has 0 aliphatic heterocycles. The summed E-state index contributed by atoms with van der Waals surface area (Å²) in [7, 11) is 0. The summed E-state index contributed by atoms with van der Waals surface area (Å²) in [5, 5.41) is 7.64. The van der Waals surface area contributed by atoms with Gasteiger partial charge in [0.15, 0.2) is 5.49 Å². The van der Waals surface area contributed by atoms with Gasteiger partial charge in [0.05, 0.1) is 12.9 Å². The number of hydrogen-bond acceptors (Lipinski definition) is 3. The van der Waals surface area contributed by atoms with Crippen LogP contribution in [-0.4, -0.2) is 19.5 Å². The molecule has 3 rings (SSSR count). The second-order valence-corrected chi connectivity index (χ2v) is 4.01. The van der Waals surface area contributed by atoms with Gasteiger partial charge in [-0.3, -0.25) is 10.4 Å². The number of nitrogens with zero attached hydrogens (tertiary/aromatic N) is 2. The van der Waals surface area contributed by atoms with Crippen molar-refractivity contribution in [1.29, 1.82) is 5.41 Å². The number of imidazole rings is 1. The van der Waals surface area contributed by atoms with Crippen LogP contribution in [0.15, 0.2) is 41.5 Å². The summed E-state index contributed by atoms with van der Waals surface area (Å²) >= 11 is 0. The van der Waals surface area contributed by atoms with Crippen molar-refractivity contribution in [3.8, 4) is 0 Å². The van der Waals surface area contributed by atoms with Crippen LogP contribution >= 0.6 is 0 Å². The second-order valence-electron chi connectivity index (χ2n) is 4.01. The Bertz CT molecular complexity index is 796. The Labute approximate surface area is 101 Å². The highest BCUT2D eigenvalue weighted by Crippen LogP contribution is 2.06. The Morgan fingerprint density at radius 2 is 2.00 bits per heavy atom. The lowest BCUT2D eigenvalue weighted by molar-refractivity contribution is 0.783. The molecule has 0 unspecified atom stereocenters. The van der Waals surface area contributed by atoms with Crippen LogP contribution in [0.5, 0.6) is 0 Å². The molecule has 0 spiro atoms. The quantitative estimate of drug-likeness (QED) is 0.612. The van der Waals surface area contributed by atoms with Crippen LogP contribution in [-0.2, 0) is 6.54 Å². The summed E-state index contributed by atoms with van der Waals surface area (Å²) in [6, 6.07) is 9.86. The Balaban J connectivity index is 2.16. The van der Waals surface area contributed by atoms with Crippen molar-refractivity contribution in [2.45, 2.75) is 6.54 Å². The van der Waals surface area contributed by atoms with E-state index in [0.29, 0.717) is 17.7 Å². The van der Waals surface area contributed by atoms with Crippen LogP contribution in [0.25, 0.3) is 11.2 Å². The second kappa shape index (κ2) is 3.99. The van der Waals surface area contributed by atoms with Crippen molar-refractivity contribution in [2.24, 2.45) is 0 Å². The van der Waals surface area contributed by atoms with Crippen molar-refractivity contribution in [1.82, 2.24) is 19.5 Å². The van der Waals surface area contributed by atoms with E-state index in [1.54, 1.807) is 10.9 Å². The number of aromatic amines is 2. The monoisotopic (exact) mass is 241 g/mol. The molecular formula is C12H11N5O. The highest BCUT2D eigenvalue weighted by molar-refractivity contribution is 5.68. The van der Waals surface area contributed by atoms with Gasteiger partial charge in [-0.1, -0.05) is 30.3 Å². The first kappa shape index (κ1) is 10.5. The predicted molar refractivity (Wildman–Crippen MR) is 66.1 cm³/mol. The van der Waals surface area contributed by atoms with Crippen molar-refractivity contribution in [3.63, 3.8) is 0 Å². The van der Waals surface area contributed by atoms with Gasteiger partial charge in [-0.25, -0.2) is 9.78 Å². The molecule has 0 aliphatic rings. The summed E-state index contributed by atoms with van der Waals surface area (Å²) in [6.45, 7) is 0.596. The average molecular weight is 241 g/mol. The lowest BCUT2D eigenvalue weighted by Crippen LogP contribution is -2.13. The van der Waals surface area contributed by atoms with E-state index in [1.165, 1.54) is 0 Å². The van der Waals surface area contributed by atoms with Crippen LogP contribution in [0.3, 0.4) is 0 Å². The molecule has 18 heavy (non-hydrogen) atoms. The van der Waals surface area contributed by atoms with Gasteiger partial charge in [-0.15, -0.1) is 0 Å². The molecule has 3 aromatic rings. The van der Waals surface area contributed by atoms with E-state index in [0.717, 1.165) is 5.56 Å². The first-order valence-electron chi connectivity index (χ1n) is 5.50. The molecule has 2 heterocycles. The van der Waals surface area contributed by atoms with Gasteiger partial charge in [0.2, 0.25) is 0 Å². The Hall–Kier alpha value is -2.63. The van der Waals surface area contributed by atoms with Crippen LogP contribution in [0, 0.1) is 5.41 Å². The first-order chi connectivity index (χ1) is 8.74. The summed E-state index contributed by atoms with van der Waals surface area (Å²) in [4.78, 5) is 20.5. The van der Waals surface area contributed by atoms with Crippen molar-refractivity contribution < 1.29 is 0 Å². The van der Waals surface area contributed by atoms with Crippen LogP contribution in [0.1, 0.15) is 5.56 Å². The SMILES string of the molecule is N=c1ncn(Cc2ccccc2)c2[nH]c(=O)[nH]c12. The highest BCUT2D eigenvalue weighted by Gasteiger charge is 2.05. The molecule has 90 valence electrons. The van der Waals surface area contributed by atoms with E-state index in [1.807, 2.05) is 30.3 Å². The number of fused-ring (bicyclic) bond motifs is 1. The van der Waals surface area contributed by atoms with Gasteiger partial charge < -0.3 is 9.55 Å². The third-order valence-corrected chi connectivity index (χ3v) is 2.75. The fourth-order valence-electron chi connectivity index (χ4n) is 1.91. The van der Waals surface area contributed by atoms with Gasteiger partial charge in [-0.2, -0.15) is 0 Å². The molecule has 0 saturated carbocycles. The third-order valence-electron chi connectivity index (χ3n) is 2.75. The van der Waals surface area contributed by atoms with Crippen molar-refractivity contribution in [2.75, 3.05) is 0 Å². The molecule has 1 aromatic carbocycles. The lowest BCUT2D eigenvalue weighted by atomic mass is 10.2. The maximum absolute atomic E-state index is 11.3. The van der Waals surface area contributed by atoms with Gasteiger partial charge in [-0.05, 0) is 5.56 Å². The van der Waals surface area contributed by atoms with Crippen LogP contribution in [0.2, 0.25) is 0 Å². The molecule has 3 N–H and O–H groups in total. The number of aromatic nitrogens is 4. The number of hydrogen-bond donors (Lipinski definition) is 3. The van der Waals surface area contributed by atoms with E-state index in [9.17, 15) is 4.79 Å². The molecule has 0 atom stereocenters. The van der Waals surface area contributed by atoms with E-state index in [4.69, 9.17) is 5.41 Å². The average Bonchev–Trinajstić information content (AvgIpc) is 2.77. The summed E-state index contributed by atoms with van der Waals surface area (Å²) < 4.78 is 1.81. The smallest absolute Gasteiger partial charge is 0.312 e. The molecule has 0 fully saturated rings. The number of nitrogens with one attached hydrogen (secondary N) is 3. The van der Waals surface area contributed by atoms with E-state index in [-0.39, 0.29) is 11.2 Å². The molecule has 0 radical (unpaired) electrons. The lowest BCUT2D eigenvalue weighted by Gasteiger charge is -2.06. The Kier molecular flexibility index (Phi) is 2.33. The highest BCUT2D eigenvalue weighted by atomic mass is 16.1. The van der Waals surface area contributed by atoms with Gasteiger partial charge >= 0.3 is 5.69 Å². The van der Waals surface area contributed by atoms with Crippen molar-refractivity contribution >= 4 is 11.2 Å². The minimum Gasteiger partial charge on any atom is -0.312 e. The van der Waals surface area contributed by atoms with Gasteiger partial charge in [0, 0.05) is 0 Å². The molecule has 6 heteroatoms. The third kappa shape index (κ3) is 1.73. The van der Waals surface area contributed by atoms with Crippen molar-refractivity contribution in [3.05, 3.63) is 58.2 Å². The molecule has 0 bridgehead atoms. The number of rotatable bonds is 2. The predicted octanol–water partition coefficient (Wildman–Crippen LogP) is 0.580. The standard InChI is InChI=1S/C12H11N5O/c13-10-9-11(16-12(18)15-9)17(7-14-10)6-8-4-2-1-3-5-8/h1-5,7,13H,6H2,(H2,15,16,18). The van der Waals surface area contributed by atoms with Gasteiger partial charge in [0.1, 0.15) is 11.2 Å². The summed E-state index contributed by atoms with van der Waals surface area (Å²) in [5.74, 6) is 0. The Morgan fingerprint density at radius 3 is 2.78 bits per heavy atom. The van der Waals surface area contributed by atoms with E-state index in [2.05, 4.69) is 15.0 Å². The molecule has 0 aliphatic carbocycles. The number of benzene rings is 1. The normalized spacial score (nSPS) is 10.9. The summed E-state index contributed by atoms with van der Waals surface area (Å²) in [6.07, 6.45) is 1.56. The van der Waals surface area contributed by atoms with E-state index < -0.39 is 0 Å². The molecule has 2 aromatic heterocycles. The largest absolute Gasteiger partial charge is 0.325 e. The summed E-state index contributed by atoms with van der Waals surface area (Å²) in [5.41, 5.74) is 1.86. The Morgan fingerprint density at radius 1 is 1.22 bits per heavy atom. The zero-order valence-corrected chi connectivity index (χ0v) is 9.47. The fraction of sp³-hybridized carbons (Fsp3) is 0.0833. The van der Waals surface area contributed by atoms with Crippen LogP contribution in [0.4, 0.5) is 0 Å². The maximum Gasteiger partial charge on any atom is 0.325 e. The molecule has 0 saturated heterocycles. The van der Waals surface area contributed by atoms with Crippen LogP contribution < -0.4 is 11.2 Å². The molecular weight excluding hydrogens is 230 g/mol. The van der Waals surface area contributed by atoms with Gasteiger partial charge in [0.25, 0.3) is 0 Å². The van der Waals surface area contributed by atoms with E-state index >= 15 is 0 Å². The first-order valence-corrected chi connectivity index (χ1v) is 5.50. The zero-order chi connectivity index (χ0) is 12.5. The number of H-pyrrole nitrogens is 2. The maximum atomic E-state index is 11.3. The molecule has 6 nitrogen and oxygen atoms in total. The fourth-order valence-corrected chi connectivity index (χ4v) is 1.91. The molecule has 0 amide bonds. The topological polar surface area (TPSA) is 90.3 Å². The minimum atomic E-state index is -0.326. The zero-order valence-electron chi connectivity index (χ0n) is 9.47. The minimum absolute atomic E-state index is 0.0626.